The Bertz CT molecular complexity index is 506. The Hall–Kier alpha value is -1.68. The van der Waals surface area contributed by atoms with Crippen LogP contribution in [0.25, 0.3) is 0 Å². The summed E-state index contributed by atoms with van der Waals surface area (Å²) in [6, 6.07) is 0. The van der Waals surface area contributed by atoms with E-state index in [4.69, 9.17) is 23.7 Å². The molecule has 0 aromatic rings. The standard InChI is InChI=1S/C14H19BrO9/c1-6(16)20-5-10-11(21-7(2)17)12(22-8(3)18)13(14(15)24-10)23-9(4)19/h10-14H,5H2,1-4H3/t10?,11-,12?,13?,14-/m1/s1. The zero-order chi connectivity index (χ0) is 18.4. The molecular weight excluding hydrogens is 392 g/mol. The monoisotopic (exact) mass is 410 g/mol. The van der Waals surface area contributed by atoms with Crippen molar-refractivity contribution in [3.05, 3.63) is 0 Å². The molecule has 1 heterocycles. The molecule has 0 aromatic carbocycles. The Morgan fingerprint density at radius 2 is 1.25 bits per heavy atom. The highest BCUT2D eigenvalue weighted by molar-refractivity contribution is 9.09. The highest BCUT2D eigenvalue weighted by atomic mass is 79.9. The van der Waals surface area contributed by atoms with Gasteiger partial charge in [0.05, 0.1) is 0 Å². The van der Waals surface area contributed by atoms with Gasteiger partial charge in [-0.3, -0.25) is 19.2 Å². The molecule has 1 fully saturated rings. The van der Waals surface area contributed by atoms with Crippen LogP contribution in [-0.4, -0.2) is 59.9 Å². The summed E-state index contributed by atoms with van der Waals surface area (Å²) < 4.78 is 25.9. The number of halogens is 1. The first-order valence-electron chi connectivity index (χ1n) is 7.06. The summed E-state index contributed by atoms with van der Waals surface area (Å²) in [5, 5.41) is -0.863. The fourth-order valence-corrected chi connectivity index (χ4v) is 2.86. The lowest BCUT2D eigenvalue weighted by atomic mass is 9.99. The van der Waals surface area contributed by atoms with Crippen molar-refractivity contribution in [1.29, 1.82) is 0 Å². The van der Waals surface area contributed by atoms with Crippen molar-refractivity contribution in [2.75, 3.05) is 6.61 Å². The zero-order valence-corrected chi connectivity index (χ0v) is 15.2. The van der Waals surface area contributed by atoms with Crippen molar-refractivity contribution in [2.24, 2.45) is 0 Å². The van der Waals surface area contributed by atoms with E-state index >= 15 is 0 Å². The molecule has 9 nitrogen and oxygen atoms in total. The molecule has 0 radical (unpaired) electrons. The normalized spacial score (nSPS) is 29.3. The van der Waals surface area contributed by atoms with Gasteiger partial charge in [-0.05, 0) is 0 Å². The number of esters is 4. The van der Waals surface area contributed by atoms with Crippen LogP contribution in [0.3, 0.4) is 0 Å². The van der Waals surface area contributed by atoms with E-state index in [-0.39, 0.29) is 6.61 Å². The second kappa shape index (κ2) is 8.97. The Labute approximate surface area is 147 Å². The summed E-state index contributed by atoms with van der Waals surface area (Å²) in [5.41, 5.74) is 0. The Balaban J connectivity index is 3.11. The summed E-state index contributed by atoms with van der Waals surface area (Å²) in [7, 11) is 0. The topological polar surface area (TPSA) is 114 Å². The summed E-state index contributed by atoms with van der Waals surface area (Å²) in [4.78, 5) is 45.1. The molecule has 0 spiro atoms. The minimum Gasteiger partial charge on any atom is -0.463 e. The highest BCUT2D eigenvalue weighted by Gasteiger charge is 2.51. The van der Waals surface area contributed by atoms with Crippen LogP contribution < -0.4 is 0 Å². The third-order valence-corrected chi connectivity index (χ3v) is 3.67. The van der Waals surface area contributed by atoms with Crippen LogP contribution in [-0.2, 0) is 42.9 Å². The van der Waals surface area contributed by atoms with Crippen molar-refractivity contribution < 1.29 is 42.9 Å². The molecule has 10 heteroatoms. The van der Waals surface area contributed by atoms with Crippen LogP contribution >= 0.6 is 15.9 Å². The maximum absolute atomic E-state index is 11.4. The molecule has 1 rings (SSSR count). The van der Waals surface area contributed by atoms with Gasteiger partial charge < -0.3 is 23.7 Å². The Kier molecular flexibility index (Phi) is 7.61. The predicted molar refractivity (Wildman–Crippen MR) is 80.9 cm³/mol. The molecule has 0 aliphatic carbocycles. The lowest BCUT2D eigenvalue weighted by Gasteiger charge is -2.42. The lowest BCUT2D eigenvalue weighted by Crippen LogP contribution is -2.60. The van der Waals surface area contributed by atoms with Crippen molar-refractivity contribution >= 4 is 39.8 Å². The van der Waals surface area contributed by atoms with E-state index in [1.54, 1.807) is 0 Å². The molecule has 0 aromatic heterocycles. The number of hydrogen-bond donors (Lipinski definition) is 0. The number of alkyl halides is 1. The van der Waals surface area contributed by atoms with Crippen molar-refractivity contribution in [1.82, 2.24) is 0 Å². The van der Waals surface area contributed by atoms with E-state index < -0.39 is 53.3 Å². The molecular formula is C14H19BrO9. The van der Waals surface area contributed by atoms with Crippen LogP contribution in [0.5, 0.6) is 0 Å². The van der Waals surface area contributed by atoms with Crippen LogP contribution in [0.15, 0.2) is 0 Å². The SMILES string of the molecule is CC(=O)OCC1O[C@@H](Br)C(OC(C)=O)C(OC(C)=O)[C@@H]1OC(C)=O. The fraction of sp³-hybridized carbons (Fsp3) is 0.714. The van der Waals surface area contributed by atoms with Gasteiger partial charge in [-0.2, -0.15) is 0 Å². The van der Waals surface area contributed by atoms with E-state index in [0.29, 0.717) is 0 Å². The van der Waals surface area contributed by atoms with Crippen LogP contribution in [0, 0.1) is 0 Å². The first kappa shape index (κ1) is 20.4. The van der Waals surface area contributed by atoms with Crippen LogP contribution in [0.1, 0.15) is 27.7 Å². The van der Waals surface area contributed by atoms with E-state index in [0.717, 1.165) is 13.8 Å². The molecule has 5 atom stereocenters. The molecule has 1 saturated heterocycles. The first-order valence-corrected chi connectivity index (χ1v) is 7.98. The minimum absolute atomic E-state index is 0.236. The molecule has 136 valence electrons. The average molecular weight is 411 g/mol. The van der Waals surface area contributed by atoms with Gasteiger partial charge in [-0.25, -0.2) is 0 Å². The maximum Gasteiger partial charge on any atom is 0.303 e. The average Bonchev–Trinajstić information content (AvgIpc) is 2.42. The van der Waals surface area contributed by atoms with E-state index in [1.165, 1.54) is 13.8 Å². The summed E-state index contributed by atoms with van der Waals surface area (Å²) in [6.45, 7) is 4.47. The van der Waals surface area contributed by atoms with Crippen molar-refractivity contribution in [3.8, 4) is 0 Å². The smallest absolute Gasteiger partial charge is 0.303 e. The summed E-state index contributed by atoms with van der Waals surface area (Å²) >= 11 is 3.18. The van der Waals surface area contributed by atoms with E-state index in [9.17, 15) is 19.2 Å². The molecule has 0 bridgehead atoms. The largest absolute Gasteiger partial charge is 0.463 e. The van der Waals surface area contributed by atoms with Gasteiger partial charge in [0.15, 0.2) is 23.3 Å². The van der Waals surface area contributed by atoms with Crippen molar-refractivity contribution in [2.45, 2.75) is 57.1 Å². The molecule has 24 heavy (non-hydrogen) atoms. The van der Waals surface area contributed by atoms with Gasteiger partial charge in [0.25, 0.3) is 0 Å². The van der Waals surface area contributed by atoms with Gasteiger partial charge in [-0.15, -0.1) is 0 Å². The second-order valence-corrected chi connectivity index (χ2v) is 5.95. The second-order valence-electron chi connectivity index (χ2n) is 5.05. The van der Waals surface area contributed by atoms with Crippen LogP contribution in [0.2, 0.25) is 0 Å². The predicted octanol–water partition coefficient (Wildman–Crippen LogP) is 0.464. The quantitative estimate of drug-likeness (QED) is 0.362. The molecule has 1 aliphatic heterocycles. The fourth-order valence-electron chi connectivity index (χ4n) is 2.18. The van der Waals surface area contributed by atoms with Crippen molar-refractivity contribution in [3.63, 3.8) is 0 Å². The highest BCUT2D eigenvalue weighted by Crippen LogP contribution is 2.31. The van der Waals surface area contributed by atoms with Gasteiger partial charge in [-0.1, -0.05) is 15.9 Å². The summed E-state index contributed by atoms with van der Waals surface area (Å²) in [5.74, 6) is -2.52. The number of carbonyl (C=O) groups excluding carboxylic acids is 4. The van der Waals surface area contributed by atoms with E-state index in [1.807, 2.05) is 0 Å². The Morgan fingerprint density at radius 1 is 0.792 bits per heavy atom. The van der Waals surface area contributed by atoms with Crippen LogP contribution in [0.4, 0.5) is 0 Å². The third-order valence-electron chi connectivity index (χ3n) is 2.93. The lowest BCUT2D eigenvalue weighted by molar-refractivity contribution is -0.236. The van der Waals surface area contributed by atoms with Gasteiger partial charge in [0.1, 0.15) is 12.7 Å². The van der Waals surface area contributed by atoms with Gasteiger partial charge in [0, 0.05) is 27.7 Å². The third kappa shape index (κ3) is 6.08. The Morgan fingerprint density at radius 3 is 1.71 bits per heavy atom. The maximum atomic E-state index is 11.4. The molecule has 0 N–H and O–H groups in total. The molecule has 1 aliphatic rings. The van der Waals surface area contributed by atoms with Gasteiger partial charge in [0.2, 0.25) is 0 Å². The molecule has 3 unspecified atom stereocenters. The molecule has 0 amide bonds. The number of hydrogen-bond acceptors (Lipinski definition) is 9. The molecule has 0 saturated carbocycles. The number of carbonyl (C=O) groups is 4. The summed E-state index contributed by atoms with van der Waals surface area (Å²) in [6.07, 6.45) is -4.22. The number of rotatable bonds is 5. The first-order chi connectivity index (χ1) is 11.1. The minimum atomic E-state index is -1.13. The van der Waals surface area contributed by atoms with Gasteiger partial charge >= 0.3 is 23.9 Å². The zero-order valence-electron chi connectivity index (χ0n) is 13.6. The number of ether oxygens (including phenoxy) is 5. The van der Waals surface area contributed by atoms with E-state index in [2.05, 4.69) is 15.9 Å².